The van der Waals surface area contributed by atoms with Gasteiger partial charge in [0, 0.05) is 41.2 Å². The Labute approximate surface area is 199 Å². The maximum atomic E-state index is 14.0. The van der Waals surface area contributed by atoms with E-state index >= 15 is 0 Å². The standard InChI is InChI=1S/C27H27Cl2F2N/c1-27(2,3)25(19-12-23(30)14-24(31)13-19)20-15-32(16-20)26(17-4-8-21(28)9-5-17)18-6-10-22(29)11-7-18/h4-6,8-14,18,26H,7,15-16H2,1-3H3. The van der Waals surface area contributed by atoms with Crippen LogP contribution in [0.3, 0.4) is 0 Å². The number of hydrogen-bond acceptors (Lipinski definition) is 1. The fourth-order valence-electron chi connectivity index (χ4n) is 4.90. The zero-order valence-corrected chi connectivity index (χ0v) is 20.0. The molecule has 1 nitrogen and oxygen atoms in total. The van der Waals surface area contributed by atoms with Gasteiger partial charge in [-0.2, -0.15) is 0 Å². The number of halogens is 4. The van der Waals surface area contributed by atoms with Gasteiger partial charge in [0.05, 0.1) is 0 Å². The lowest BCUT2D eigenvalue weighted by Gasteiger charge is -2.46. The Morgan fingerprint density at radius 1 is 1.00 bits per heavy atom. The van der Waals surface area contributed by atoms with E-state index in [1.165, 1.54) is 23.3 Å². The van der Waals surface area contributed by atoms with Crippen LogP contribution >= 0.6 is 23.2 Å². The van der Waals surface area contributed by atoms with Gasteiger partial charge in [0.25, 0.3) is 0 Å². The van der Waals surface area contributed by atoms with Crippen molar-refractivity contribution in [1.29, 1.82) is 0 Å². The van der Waals surface area contributed by atoms with Crippen molar-refractivity contribution in [3.63, 3.8) is 0 Å². The molecule has 168 valence electrons. The van der Waals surface area contributed by atoms with Gasteiger partial charge in [-0.15, -0.1) is 0 Å². The molecule has 0 saturated carbocycles. The number of benzene rings is 2. The van der Waals surface area contributed by atoms with Gasteiger partial charge in [-0.3, -0.25) is 4.90 Å². The summed E-state index contributed by atoms with van der Waals surface area (Å²) < 4.78 is 28.0. The molecule has 0 amide bonds. The van der Waals surface area contributed by atoms with Crippen LogP contribution < -0.4 is 0 Å². The molecule has 2 unspecified atom stereocenters. The molecule has 0 bridgehead atoms. The van der Waals surface area contributed by atoms with E-state index in [0.717, 1.165) is 36.2 Å². The summed E-state index contributed by atoms with van der Waals surface area (Å²) in [6, 6.07) is 12.0. The Morgan fingerprint density at radius 3 is 2.16 bits per heavy atom. The lowest BCUT2D eigenvalue weighted by atomic mass is 9.76. The van der Waals surface area contributed by atoms with Gasteiger partial charge in [0.2, 0.25) is 0 Å². The van der Waals surface area contributed by atoms with Crippen molar-refractivity contribution >= 4 is 28.8 Å². The fourth-order valence-corrected chi connectivity index (χ4v) is 5.19. The monoisotopic (exact) mass is 473 g/mol. The second-order valence-electron chi connectivity index (χ2n) is 9.64. The molecular weight excluding hydrogens is 447 g/mol. The Morgan fingerprint density at radius 2 is 1.62 bits per heavy atom. The topological polar surface area (TPSA) is 3.24 Å². The van der Waals surface area contributed by atoms with Crippen LogP contribution in [0.5, 0.6) is 0 Å². The van der Waals surface area contributed by atoms with Crippen LogP contribution in [0.4, 0.5) is 8.78 Å². The van der Waals surface area contributed by atoms with E-state index in [1.807, 2.05) is 18.2 Å². The molecule has 4 rings (SSSR count). The first-order chi connectivity index (χ1) is 15.1. The van der Waals surface area contributed by atoms with E-state index in [2.05, 4.69) is 50.0 Å². The first kappa shape index (κ1) is 23.2. The molecule has 32 heavy (non-hydrogen) atoms. The van der Waals surface area contributed by atoms with Gasteiger partial charge in [0.1, 0.15) is 11.6 Å². The van der Waals surface area contributed by atoms with Crippen molar-refractivity contribution in [3.8, 4) is 0 Å². The Balaban J connectivity index is 1.67. The predicted octanol–water partition coefficient (Wildman–Crippen LogP) is 8.17. The summed E-state index contributed by atoms with van der Waals surface area (Å²) in [5, 5.41) is 1.48. The zero-order chi connectivity index (χ0) is 23.0. The molecule has 2 atom stereocenters. The number of allylic oxidation sites excluding steroid dienone is 4. The molecule has 5 heteroatoms. The molecule has 1 heterocycles. The molecule has 2 aliphatic rings. The minimum Gasteiger partial charge on any atom is -0.288 e. The van der Waals surface area contributed by atoms with Crippen molar-refractivity contribution in [1.82, 2.24) is 4.90 Å². The minimum atomic E-state index is -0.548. The number of rotatable bonds is 4. The van der Waals surface area contributed by atoms with Gasteiger partial charge in [0.15, 0.2) is 0 Å². The first-order valence-electron chi connectivity index (χ1n) is 10.8. The van der Waals surface area contributed by atoms with Crippen molar-refractivity contribution in [2.45, 2.75) is 33.2 Å². The van der Waals surface area contributed by atoms with Crippen LogP contribution in [-0.2, 0) is 0 Å². The highest BCUT2D eigenvalue weighted by atomic mass is 35.5. The normalized spacial score (nSPS) is 20.0. The fraction of sp³-hybridized carbons (Fsp3) is 0.333. The average Bonchev–Trinajstić information content (AvgIpc) is 2.67. The summed E-state index contributed by atoms with van der Waals surface area (Å²) in [4.78, 5) is 2.42. The Bertz CT molecular complexity index is 1070. The van der Waals surface area contributed by atoms with Crippen molar-refractivity contribution in [2.75, 3.05) is 13.1 Å². The Kier molecular flexibility index (Phi) is 6.63. The molecule has 1 saturated heterocycles. The maximum Gasteiger partial charge on any atom is 0.126 e. The number of hydrogen-bond donors (Lipinski definition) is 0. The van der Waals surface area contributed by atoms with E-state index in [9.17, 15) is 8.78 Å². The lowest BCUT2D eigenvalue weighted by Crippen LogP contribution is -2.46. The van der Waals surface area contributed by atoms with Crippen molar-refractivity contribution < 1.29 is 8.78 Å². The highest BCUT2D eigenvalue weighted by molar-refractivity contribution is 6.31. The molecule has 0 N–H and O–H groups in total. The molecule has 2 aromatic rings. The summed E-state index contributed by atoms with van der Waals surface area (Å²) >= 11 is 12.3. The maximum absolute atomic E-state index is 14.0. The van der Waals surface area contributed by atoms with Crippen LogP contribution in [0.15, 0.2) is 71.3 Å². The molecule has 1 aliphatic heterocycles. The third-order valence-corrected chi connectivity index (χ3v) is 6.67. The predicted molar refractivity (Wildman–Crippen MR) is 130 cm³/mol. The molecular formula is C27H27Cl2F2N. The SMILES string of the molecule is CC(C)(C)C(=C1CN(C(c2ccc(Cl)cc2)C2C=CC(Cl)=CC2)C1)c1cc(F)cc(F)c1. The highest BCUT2D eigenvalue weighted by Crippen LogP contribution is 2.44. The second-order valence-corrected chi connectivity index (χ2v) is 10.5. The van der Waals surface area contributed by atoms with Crippen molar-refractivity contribution in [2.24, 2.45) is 11.3 Å². The van der Waals surface area contributed by atoms with Crippen LogP contribution in [0.25, 0.3) is 5.57 Å². The first-order valence-corrected chi connectivity index (χ1v) is 11.6. The van der Waals surface area contributed by atoms with E-state index in [1.54, 1.807) is 0 Å². The highest BCUT2D eigenvalue weighted by Gasteiger charge is 2.37. The van der Waals surface area contributed by atoms with Crippen LogP contribution in [-0.4, -0.2) is 18.0 Å². The molecule has 0 aromatic heterocycles. The van der Waals surface area contributed by atoms with Gasteiger partial charge in [-0.1, -0.05) is 68.3 Å². The second kappa shape index (κ2) is 9.13. The lowest BCUT2D eigenvalue weighted by molar-refractivity contribution is 0.138. The zero-order valence-electron chi connectivity index (χ0n) is 18.5. The molecule has 1 aliphatic carbocycles. The quantitative estimate of drug-likeness (QED) is 0.432. The third-order valence-electron chi connectivity index (χ3n) is 6.14. The van der Waals surface area contributed by atoms with Crippen molar-refractivity contribution in [3.05, 3.63) is 99.1 Å². The van der Waals surface area contributed by atoms with E-state index < -0.39 is 11.6 Å². The van der Waals surface area contributed by atoms with Gasteiger partial charge < -0.3 is 0 Å². The summed E-state index contributed by atoms with van der Waals surface area (Å²) in [7, 11) is 0. The average molecular weight is 474 g/mol. The van der Waals surface area contributed by atoms with E-state index in [4.69, 9.17) is 23.2 Å². The minimum absolute atomic E-state index is 0.166. The number of likely N-dealkylation sites (tertiary alicyclic amines) is 1. The third kappa shape index (κ3) is 5.01. The van der Waals surface area contributed by atoms with E-state index in [-0.39, 0.29) is 17.4 Å². The largest absolute Gasteiger partial charge is 0.288 e. The molecule has 0 spiro atoms. The summed E-state index contributed by atoms with van der Waals surface area (Å²) in [5.41, 5.74) is 3.82. The molecule has 1 fully saturated rings. The molecule has 2 aromatic carbocycles. The van der Waals surface area contributed by atoms with Gasteiger partial charge in [-0.25, -0.2) is 8.78 Å². The summed E-state index contributed by atoms with van der Waals surface area (Å²) in [6.45, 7) is 7.77. The van der Waals surface area contributed by atoms with E-state index in [0.29, 0.717) is 10.6 Å². The Hall–Kier alpha value is -1.94. The van der Waals surface area contributed by atoms with Gasteiger partial charge in [-0.05, 0) is 64.5 Å². The molecule has 0 radical (unpaired) electrons. The summed E-state index contributed by atoms with van der Waals surface area (Å²) in [5.74, 6) is -0.813. The van der Waals surface area contributed by atoms with Crippen LogP contribution in [0.1, 0.15) is 44.4 Å². The summed E-state index contributed by atoms with van der Waals surface area (Å²) in [6.07, 6.45) is 7.06. The van der Waals surface area contributed by atoms with Crippen LogP contribution in [0.2, 0.25) is 5.02 Å². The van der Waals surface area contributed by atoms with Crippen LogP contribution in [0, 0.1) is 23.0 Å². The smallest absolute Gasteiger partial charge is 0.126 e. The number of nitrogens with zero attached hydrogens (tertiary/aromatic N) is 1. The van der Waals surface area contributed by atoms with Gasteiger partial charge >= 0.3 is 0 Å².